The van der Waals surface area contributed by atoms with E-state index in [1.807, 2.05) is 12.1 Å². The van der Waals surface area contributed by atoms with E-state index in [2.05, 4.69) is 17.4 Å². The second kappa shape index (κ2) is 3.71. The summed E-state index contributed by atoms with van der Waals surface area (Å²) >= 11 is 0. The molecule has 1 aliphatic heterocycles. The average molecular weight is 175 g/mol. The van der Waals surface area contributed by atoms with Gasteiger partial charge in [-0.1, -0.05) is 24.3 Å². The monoisotopic (exact) mass is 175 g/mol. The van der Waals surface area contributed by atoms with E-state index in [9.17, 15) is 4.79 Å². The minimum Gasteiger partial charge on any atom is -0.316 e. The molecular weight excluding hydrogens is 162 g/mol. The molecule has 1 unspecified atom stereocenters. The quantitative estimate of drug-likeness (QED) is 0.691. The Balaban J connectivity index is 2.16. The average Bonchev–Trinajstić information content (AvgIpc) is 2.71. The summed E-state index contributed by atoms with van der Waals surface area (Å²) in [5.41, 5.74) is 2.10. The van der Waals surface area contributed by atoms with E-state index < -0.39 is 0 Å². The first-order chi connectivity index (χ1) is 6.40. The van der Waals surface area contributed by atoms with Gasteiger partial charge in [0.15, 0.2) is 0 Å². The van der Waals surface area contributed by atoms with Crippen LogP contribution >= 0.6 is 0 Å². The number of carbonyl (C=O) groups is 1. The third kappa shape index (κ3) is 1.78. The molecule has 1 saturated heterocycles. The van der Waals surface area contributed by atoms with Gasteiger partial charge in [0, 0.05) is 12.1 Å². The zero-order valence-corrected chi connectivity index (χ0v) is 7.49. The maximum absolute atomic E-state index is 10.4. The molecular formula is C11H13NO. The third-order valence-corrected chi connectivity index (χ3v) is 2.60. The van der Waals surface area contributed by atoms with Crippen LogP contribution < -0.4 is 5.32 Å². The molecule has 0 aromatic heterocycles. The van der Waals surface area contributed by atoms with Crippen molar-refractivity contribution in [3.05, 3.63) is 35.4 Å². The number of hydrogen-bond acceptors (Lipinski definition) is 2. The fourth-order valence-electron chi connectivity index (χ4n) is 1.79. The maximum Gasteiger partial charge on any atom is 0.150 e. The summed E-state index contributed by atoms with van der Waals surface area (Å²) in [4.78, 5) is 10.4. The molecule has 1 N–H and O–H groups in total. The Morgan fingerprint density at radius 3 is 2.62 bits per heavy atom. The van der Waals surface area contributed by atoms with Crippen LogP contribution in [0.1, 0.15) is 28.3 Å². The summed E-state index contributed by atoms with van der Waals surface area (Å²) in [5.74, 6) is 0.640. The Kier molecular flexibility index (Phi) is 2.41. The Hall–Kier alpha value is -1.15. The number of aldehydes is 1. The second-order valence-electron chi connectivity index (χ2n) is 3.47. The van der Waals surface area contributed by atoms with Gasteiger partial charge in [-0.25, -0.2) is 0 Å². The summed E-state index contributed by atoms with van der Waals surface area (Å²) in [7, 11) is 0. The van der Waals surface area contributed by atoms with Crippen molar-refractivity contribution in [3.63, 3.8) is 0 Å². The zero-order valence-electron chi connectivity index (χ0n) is 7.49. The van der Waals surface area contributed by atoms with Gasteiger partial charge in [0.1, 0.15) is 6.29 Å². The molecule has 0 aliphatic carbocycles. The fourth-order valence-corrected chi connectivity index (χ4v) is 1.79. The molecule has 1 aromatic carbocycles. The van der Waals surface area contributed by atoms with Gasteiger partial charge in [0.25, 0.3) is 0 Å². The van der Waals surface area contributed by atoms with Crippen LogP contribution in [-0.2, 0) is 0 Å². The molecule has 2 rings (SSSR count). The van der Waals surface area contributed by atoms with Crippen LogP contribution in [-0.4, -0.2) is 19.4 Å². The van der Waals surface area contributed by atoms with Crippen molar-refractivity contribution in [1.82, 2.24) is 5.32 Å². The lowest BCUT2D eigenvalue weighted by molar-refractivity contribution is 0.112. The second-order valence-corrected chi connectivity index (χ2v) is 3.47. The number of nitrogens with one attached hydrogen (secondary N) is 1. The van der Waals surface area contributed by atoms with Crippen LogP contribution in [0.5, 0.6) is 0 Å². The molecule has 0 amide bonds. The maximum atomic E-state index is 10.4. The van der Waals surface area contributed by atoms with Crippen LogP contribution in [0, 0.1) is 0 Å². The predicted molar refractivity (Wildman–Crippen MR) is 52.1 cm³/mol. The van der Waals surface area contributed by atoms with Crippen LogP contribution in [0.4, 0.5) is 0 Å². The molecule has 1 heterocycles. The highest BCUT2D eigenvalue weighted by molar-refractivity contribution is 5.74. The van der Waals surface area contributed by atoms with Crippen molar-refractivity contribution in [2.45, 2.75) is 12.3 Å². The van der Waals surface area contributed by atoms with Crippen molar-refractivity contribution in [2.75, 3.05) is 13.1 Å². The summed E-state index contributed by atoms with van der Waals surface area (Å²) in [6.45, 7) is 2.18. The van der Waals surface area contributed by atoms with E-state index in [0.717, 1.165) is 24.9 Å². The minimum atomic E-state index is 0.640. The zero-order chi connectivity index (χ0) is 9.10. The van der Waals surface area contributed by atoms with Crippen molar-refractivity contribution in [1.29, 1.82) is 0 Å². The van der Waals surface area contributed by atoms with Gasteiger partial charge in [0.05, 0.1) is 0 Å². The first-order valence-corrected chi connectivity index (χ1v) is 4.66. The number of carbonyl (C=O) groups excluding carboxylic acids is 1. The van der Waals surface area contributed by atoms with Gasteiger partial charge in [-0.3, -0.25) is 4.79 Å². The molecule has 13 heavy (non-hydrogen) atoms. The third-order valence-electron chi connectivity index (χ3n) is 2.60. The molecule has 68 valence electrons. The highest BCUT2D eigenvalue weighted by Crippen LogP contribution is 2.21. The summed E-state index contributed by atoms with van der Waals surface area (Å²) in [5, 5.41) is 3.33. The lowest BCUT2D eigenvalue weighted by Gasteiger charge is -2.07. The first kappa shape index (κ1) is 8.45. The van der Waals surface area contributed by atoms with Gasteiger partial charge in [-0.2, -0.15) is 0 Å². The van der Waals surface area contributed by atoms with E-state index >= 15 is 0 Å². The molecule has 1 atom stereocenters. The minimum absolute atomic E-state index is 0.640. The highest BCUT2D eigenvalue weighted by atomic mass is 16.1. The van der Waals surface area contributed by atoms with Gasteiger partial charge in [0.2, 0.25) is 0 Å². The number of hydrogen-bond donors (Lipinski definition) is 1. The molecule has 1 aromatic rings. The largest absolute Gasteiger partial charge is 0.316 e. The van der Waals surface area contributed by atoms with E-state index in [1.165, 1.54) is 12.0 Å². The van der Waals surface area contributed by atoms with E-state index in [1.54, 1.807) is 0 Å². The normalized spacial score (nSPS) is 21.7. The number of rotatable bonds is 2. The van der Waals surface area contributed by atoms with Crippen molar-refractivity contribution in [2.24, 2.45) is 0 Å². The predicted octanol–water partition coefficient (Wildman–Crippen LogP) is 1.58. The Bertz CT molecular complexity index is 285. The van der Waals surface area contributed by atoms with Gasteiger partial charge in [-0.15, -0.1) is 0 Å². The topological polar surface area (TPSA) is 29.1 Å². The summed E-state index contributed by atoms with van der Waals surface area (Å²) in [6.07, 6.45) is 2.09. The lowest BCUT2D eigenvalue weighted by Crippen LogP contribution is -2.07. The van der Waals surface area contributed by atoms with Crippen molar-refractivity contribution in [3.8, 4) is 0 Å². The molecule has 1 fully saturated rings. The number of benzene rings is 1. The van der Waals surface area contributed by atoms with E-state index in [-0.39, 0.29) is 0 Å². The molecule has 0 saturated carbocycles. The SMILES string of the molecule is O=Cc1ccc(C2CCNC2)cc1. The molecule has 0 spiro atoms. The van der Waals surface area contributed by atoms with Crippen LogP contribution in [0.15, 0.2) is 24.3 Å². The summed E-state index contributed by atoms with van der Waals surface area (Å²) < 4.78 is 0. The highest BCUT2D eigenvalue weighted by Gasteiger charge is 2.15. The van der Waals surface area contributed by atoms with Crippen molar-refractivity contribution >= 4 is 6.29 Å². The van der Waals surface area contributed by atoms with Gasteiger partial charge >= 0.3 is 0 Å². The Labute approximate surface area is 78.0 Å². The standard InChI is InChI=1S/C11H13NO/c13-8-9-1-3-10(4-2-9)11-5-6-12-7-11/h1-4,8,11-12H,5-7H2. The van der Waals surface area contributed by atoms with Crippen molar-refractivity contribution < 1.29 is 4.79 Å². The summed E-state index contributed by atoms with van der Waals surface area (Å²) in [6, 6.07) is 7.89. The first-order valence-electron chi connectivity index (χ1n) is 4.66. The van der Waals surface area contributed by atoms with Crippen LogP contribution in [0.25, 0.3) is 0 Å². The van der Waals surface area contributed by atoms with Gasteiger partial charge in [-0.05, 0) is 24.4 Å². The molecule has 2 heteroatoms. The molecule has 1 aliphatic rings. The molecule has 0 radical (unpaired) electrons. The molecule has 2 nitrogen and oxygen atoms in total. The van der Waals surface area contributed by atoms with Crippen LogP contribution in [0.3, 0.4) is 0 Å². The Morgan fingerprint density at radius 1 is 1.31 bits per heavy atom. The van der Waals surface area contributed by atoms with E-state index in [0.29, 0.717) is 5.92 Å². The van der Waals surface area contributed by atoms with Gasteiger partial charge < -0.3 is 5.32 Å². The lowest BCUT2D eigenvalue weighted by atomic mass is 9.98. The molecule has 0 bridgehead atoms. The smallest absolute Gasteiger partial charge is 0.150 e. The fraction of sp³-hybridized carbons (Fsp3) is 0.364. The van der Waals surface area contributed by atoms with Crippen LogP contribution in [0.2, 0.25) is 0 Å². The Morgan fingerprint density at radius 2 is 2.08 bits per heavy atom. The van der Waals surface area contributed by atoms with E-state index in [4.69, 9.17) is 0 Å².